The molecule has 3 aromatic rings. The van der Waals surface area contributed by atoms with Gasteiger partial charge in [0, 0.05) is 12.3 Å². The molecule has 0 radical (unpaired) electrons. The van der Waals surface area contributed by atoms with Crippen molar-refractivity contribution in [2.24, 2.45) is 0 Å². The first-order valence-corrected chi connectivity index (χ1v) is 9.05. The van der Waals surface area contributed by atoms with Crippen LogP contribution in [0.3, 0.4) is 0 Å². The summed E-state index contributed by atoms with van der Waals surface area (Å²) >= 11 is 3.01. The van der Waals surface area contributed by atoms with Gasteiger partial charge in [0.1, 0.15) is 10.6 Å². The Balaban J connectivity index is 1.72. The molecule has 0 bridgehead atoms. The molecule has 0 saturated heterocycles. The largest absolute Gasteiger partial charge is 0.493 e. The highest BCUT2D eigenvalue weighted by Crippen LogP contribution is 2.21. The fourth-order valence-corrected chi connectivity index (χ4v) is 3.77. The highest BCUT2D eigenvalue weighted by molar-refractivity contribution is 7.99. The molecule has 0 unspecified atom stereocenters. The minimum Gasteiger partial charge on any atom is -0.493 e. The number of fused-ring (bicyclic) bond motifs is 1. The molecule has 3 rings (SSSR count). The summed E-state index contributed by atoms with van der Waals surface area (Å²) in [6.07, 6.45) is 1.71. The lowest BCUT2D eigenvalue weighted by atomic mass is 10.3. The lowest BCUT2D eigenvalue weighted by molar-refractivity contribution is 0.344. The van der Waals surface area contributed by atoms with Gasteiger partial charge in [-0.15, -0.1) is 17.9 Å². The number of hydrogen-bond donors (Lipinski definition) is 0. The number of thioether (sulfide) groups is 1. The van der Waals surface area contributed by atoms with Crippen LogP contribution in [0.5, 0.6) is 5.75 Å². The van der Waals surface area contributed by atoms with Crippen molar-refractivity contribution in [1.82, 2.24) is 9.55 Å². The van der Waals surface area contributed by atoms with Crippen LogP contribution in [0, 0.1) is 0 Å². The molecule has 23 heavy (non-hydrogen) atoms. The van der Waals surface area contributed by atoms with E-state index in [1.165, 1.54) is 23.1 Å². The molecule has 0 atom stereocenters. The molecular weight excluding hydrogens is 328 g/mol. The van der Waals surface area contributed by atoms with E-state index in [1.807, 2.05) is 41.8 Å². The summed E-state index contributed by atoms with van der Waals surface area (Å²) in [5.74, 6) is 1.56. The van der Waals surface area contributed by atoms with Crippen molar-refractivity contribution in [3.05, 3.63) is 64.8 Å². The number of aromatic nitrogens is 2. The van der Waals surface area contributed by atoms with Crippen molar-refractivity contribution >= 4 is 33.3 Å². The Bertz CT molecular complexity index is 856. The van der Waals surface area contributed by atoms with E-state index >= 15 is 0 Å². The minimum atomic E-state index is -0.0115. The molecule has 0 fully saturated rings. The summed E-state index contributed by atoms with van der Waals surface area (Å²) in [5.41, 5.74) is -0.0115. The maximum Gasteiger partial charge on any atom is 0.263 e. The second-order valence-electron chi connectivity index (χ2n) is 4.75. The molecule has 1 aromatic carbocycles. The van der Waals surface area contributed by atoms with Gasteiger partial charge in [0.05, 0.1) is 12.0 Å². The smallest absolute Gasteiger partial charge is 0.263 e. The molecule has 0 aliphatic carbocycles. The first-order valence-electron chi connectivity index (χ1n) is 7.19. The summed E-state index contributed by atoms with van der Waals surface area (Å²) in [6, 6.07) is 11.5. The Morgan fingerprint density at radius 1 is 1.30 bits per heavy atom. The Morgan fingerprint density at radius 3 is 2.91 bits per heavy atom. The Labute approximate surface area is 142 Å². The van der Waals surface area contributed by atoms with Crippen LogP contribution in [-0.4, -0.2) is 21.9 Å². The number of thiophene rings is 1. The highest BCUT2D eigenvalue weighted by atomic mass is 32.2. The van der Waals surface area contributed by atoms with E-state index in [1.54, 1.807) is 10.6 Å². The van der Waals surface area contributed by atoms with Crippen LogP contribution in [-0.2, 0) is 6.54 Å². The van der Waals surface area contributed by atoms with E-state index < -0.39 is 0 Å². The predicted octanol–water partition coefficient (Wildman–Crippen LogP) is 3.82. The van der Waals surface area contributed by atoms with E-state index in [-0.39, 0.29) is 5.56 Å². The van der Waals surface area contributed by atoms with Gasteiger partial charge >= 0.3 is 0 Å². The number of hydrogen-bond acceptors (Lipinski definition) is 5. The number of benzene rings is 1. The van der Waals surface area contributed by atoms with Crippen molar-refractivity contribution in [1.29, 1.82) is 0 Å². The molecule has 4 nitrogen and oxygen atoms in total. The van der Waals surface area contributed by atoms with E-state index in [4.69, 9.17) is 4.74 Å². The number of allylic oxidation sites excluding steroid dienone is 1. The Morgan fingerprint density at radius 2 is 2.13 bits per heavy atom. The molecule has 0 N–H and O–H groups in total. The van der Waals surface area contributed by atoms with Crippen LogP contribution in [0.1, 0.15) is 0 Å². The topological polar surface area (TPSA) is 44.1 Å². The van der Waals surface area contributed by atoms with Gasteiger partial charge in [-0.1, -0.05) is 36.0 Å². The quantitative estimate of drug-likeness (QED) is 0.283. The molecule has 2 heterocycles. The molecular formula is C17H16N2O2S2. The molecule has 6 heteroatoms. The van der Waals surface area contributed by atoms with Gasteiger partial charge in [-0.05, 0) is 23.6 Å². The lowest BCUT2D eigenvalue weighted by Crippen LogP contribution is -2.22. The highest BCUT2D eigenvalue weighted by Gasteiger charge is 2.11. The first-order chi connectivity index (χ1) is 11.3. The third kappa shape index (κ3) is 3.65. The van der Waals surface area contributed by atoms with Crippen molar-refractivity contribution in [3.8, 4) is 5.75 Å². The van der Waals surface area contributed by atoms with Crippen LogP contribution in [0.25, 0.3) is 10.2 Å². The number of para-hydroxylation sites is 1. The van der Waals surface area contributed by atoms with Crippen LogP contribution >= 0.6 is 23.1 Å². The number of nitrogens with zero attached hydrogens (tertiary/aromatic N) is 2. The van der Waals surface area contributed by atoms with Gasteiger partial charge < -0.3 is 4.74 Å². The maximum atomic E-state index is 12.5. The second kappa shape index (κ2) is 7.48. The SMILES string of the molecule is C=CCn1c(SCCOc2ccccc2)nc2sccc2c1=O. The van der Waals surface area contributed by atoms with E-state index in [2.05, 4.69) is 11.6 Å². The van der Waals surface area contributed by atoms with Crippen molar-refractivity contribution in [2.75, 3.05) is 12.4 Å². The van der Waals surface area contributed by atoms with Crippen molar-refractivity contribution < 1.29 is 4.74 Å². The molecule has 118 valence electrons. The van der Waals surface area contributed by atoms with Gasteiger partial charge in [-0.25, -0.2) is 4.98 Å². The van der Waals surface area contributed by atoms with Gasteiger partial charge in [0.15, 0.2) is 5.16 Å². The second-order valence-corrected chi connectivity index (χ2v) is 6.70. The zero-order valence-electron chi connectivity index (χ0n) is 12.5. The zero-order valence-corrected chi connectivity index (χ0v) is 14.1. The third-order valence-electron chi connectivity index (χ3n) is 3.19. The van der Waals surface area contributed by atoms with E-state index in [9.17, 15) is 4.79 Å². The van der Waals surface area contributed by atoms with Crippen LogP contribution in [0.4, 0.5) is 0 Å². The van der Waals surface area contributed by atoms with Gasteiger partial charge in [-0.3, -0.25) is 9.36 Å². The zero-order chi connectivity index (χ0) is 16.1. The molecule has 0 amide bonds. The standard InChI is InChI=1S/C17H16N2O2S2/c1-2-9-19-16(20)14-8-11-22-15(14)18-17(19)23-12-10-21-13-6-4-3-5-7-13/h2-8,11H,1,9-10,12H2. The molecule has 0 aliphatic heterocycles. The predicted molar refractivity (Wildman–Crippen MR) is 96.7 cm³/mol. The fourth-order valence-electron chi connectivity index (χ4n) is 2.14. The summed E-state index contributed by atoms with van der Waals surface area (Å²) in [6.45, 7) is 4.74. The normalized spacial score (nSPS) is 10.8. The molecule has 0 aliphatic rings. The Hall–Kier alpha value is -2.05. The number of rotatable bonds is 7. The summed E-state index contributed by atoms with van der Waals surface area (Å²) in [5, 5.41) is 3.27. The average molecular weight is 344 g/mol. The summed E-state index contributed by atoms with van der Waals surface area (Å²) in [7, 11) is 0. The van der Waals surface area contributed by atoms with Gasteiger partial charge in [0.25, 0.3) is 5.56 Å². The third-order valence-corrected chi connectivity index (χ3v) is 4.93. The Kier molecular flexibility index (Phi) is 5.15. The first kappa shape index (κ1) is 15.8. The molecule has 0 spiro atoms. The summed E-state index contributed by atoms with van der Waals surface area (Å²) < 4.78 is 7.34. The molecule has 0 saturated carbocycles. The van der Waals surface area contributed by atoms with Gasteiger partial charge in [-0.2, -0.15) is 0 Å². The van der Waals surface area contributed by atoms with Crippen molar-refractivity contribution in [3.63, 3.8) is 0 Å². The summed E-state index contributed by atoms with van der Waals surface area (Å²) in [4.78, 5) is 17.9. The van der Waals surface area contributed by atoms with Crippen molar-refractivity contribution in [2.45, 2.75) is 11.7 Å². The average Bonchev–Trinajstić information content (AvgIpc) is 3.04. The molecule has 2 aromatic heterocycles. The van der Waals surface area contributed by atoms with Gasteiger partial charge in [0.2, 0.25) is 0 Å². The fraction of sp³-hybridized carbons (Fsp3) is 0.176. The number of ether oxygens (including phenoxy) is 1. The monoisotopic (exact) mass is 344 g/mol. The van der Waals surface area contributed by atoms with E-state index in [0.29, 0.717) is 23.7 Å². The van der Waals surface area contributed by atoms with E-state index in [0.717, 1.165) is 16.3 Å². The van der Waals surface area contributed by atoms with Crippen LogP contribution in [0.15, 0.2) is 64.4 Å². The minimum absolute atomic E-state index is 0.0115. The maximum absolute atomic E-state index is 12.5. The van der Waals surface area contributed by atoms with Crippen LogP contribution in [0.2, 0.25) is 0 Å². The van der Waals surface area contributed by atoms with Crippen LogP contribution < -0.4 is 10.3 Å². The lowest BCUT2D eigenvalue weighted by Gasteiger charge is -2.10.